The van der Waals surface area contributed by atoms with Crippen molar-refractivity contribution in [3.8, 4) is 0 Å². The molecule has 0 bridgehead atoms. The summed E-state index contributed by atoms with van der Waals surface area (Å²) in [5.41, 5.74) is 1.70. The first-order chi connectivity index (χ1) is 9.47. The summed E-state index contributed by atoms with van der Waals surface area (Å²) in [5.74, 6) is -1.07. The SMILES string of the molecule is CCN(CC)c1ccc(NC(=O)NC(C)C(=O)O)cc1. The van der Waals surface area contributed by atoms with Crippen LogP contribution in [0.2, 0.25) is 0 Å². The quantitative estimate of drug-likeness (QED) is 0.745. The monoisotopic (exact) mass is 279 g/mol. The Balaban J connectivity index is 2.61. The van der Waals surface area contributed by atoms with Crippen LogP contribution in [-0.2, 0) is 4.79 Å². The van der Waals surface area contributed by atoms with Crippen molar-refractivity contribution in [2.24, 2.45) is 0 Å². The van der Waals surface area contributed by atoms with Gasteiger partial charge < -0.3 is 20.6 Å². The summed E-state index contributed by atoms with van der Waals surface area (Å²) in [6, 6.07) is 5.96. The van der Waals surface area contributed by atoms with Gasteiger partial charge in [0.2, 0.25) is 0 Å². The molecule has 6 heteroatoms. The van der Waals surface area contributed by atoms with E-state index < -0.39 is 18.0 Å². The molecule has 0 aliphatic heterocycles. The Morgan fingerprint density at radius 2 is 1.75 bits per heavy atom. The maximum absolute atomic E-state index is 11.6. The summed E-state index contributed by atoms with van der Waals surface area (Å²) >= 11 is 0. The highest BCUT2D eigenvalue weighted by molar-refractivity contribution is 5.92. The number of carbonyl (C=O) groups excluding carboxylic acids is 1. The Morgan fingerprint density at radius 1 is 1.20 bits per heavy atom. The molecule has 1 aromatic rings. The zero-order chi connectivity index (χ0) is 15.1. The normalized spacial score (nSPS) is 11.6. The van der Waals surface area contributed by atoms with E-state index in [1.165, 1.54) is 6.92 Å². The number of nitrogens with one attached hydrogen (secondary N) is 2. The molecule has 0 heterocycles. The number of hydrogen-bond acceptors (Lipinski definition) is 3. The molecule has 0 saturated carbocycles. The van der Waals surface area contributed by atoms with Gasteiger partial charge in [-0.15, -0.1) is 0 Å². The fourth-order valence-corrected chi connectivity index (χ4v) is 1.77. The number of amides is 2. The molecular weight excluding hydrogens is 258 g/mol. The minimum Gasteiger partial charge on any atom is -0.480 e. The van der Waals surface area contributed by atoms with Crippen molar-refractivity contribution in [1.82, 2.24) is 5.32 Å². The standard InChI is InChI=1S/C14H21N3O3/c1-4-17(5-2)12-8-6-11(7-9-12)16-14(20)15-10(3)13(18)19/h6-10H,4-5H2,1-3H3,(H,18,19)(H2,15,16,20). The molecule has 0 fully saturated rings. The van der Waals surface area contributed by atoms with E-state index in [1.807, 2.05) is 12.1 Å². The first-order valence-electron chi connectivity index (χ1n) is 6.63. The number of benzene rings is 1. The van der Waals surface area contributed by atoms with Gasteiger partial charge in [-0.3, -0.25) is 4.79 Å². The highest BCUT2D eigenvalue weighted by Crippen LogP contribution is 2.17. The summed E-state index contributed by atoms with van der Waals surface area (Å²) in [5, 5.41) is 13.6. The molecule has 110 valence electrons. The predicted molar refractivity (Wildman–Crippen MR) is 79.3 cm³/mol. The number of anilines is 2. The number of nitrogens with zero attached hydrogens (tertiary/aromatic N) is 1. The smallest absolute Gasteiger partial charge is 0.325 e. The Labute approximate surface area is 118 Å². The van der Waals surface area contributed by atoms with Crippen molar-refractivity contribution in [2.75, 3.05) is 23.3 Å². The van der Waals surface area contributed by atoms with Gasteiger partial charge in [-0.2, -0.15) is 0 Å². The van der Waals surface area contributed by atoms with Gasteiger partial charge in [0.1, 0.15) is 6.04 Å². The van der Waals surface area contributed by atoms with Crippen LogP contribution in [0.15, 0.2) is 24.3 Å². The second-order valence-electron chi connectivity index (χ2n) is 4.38. The van der Waals surface area contributed by atoms with Crippen LogP contribution >= 0.6 is 0 Å². The van der Waals surface area contributed by atoms with Crippen LogP contribution < -0.4 is 15.5 Å². The summed E-state index contributed by atoms with van der Waals surface area (Å²) in [6.45, 7) is 7.40. The van der Waals surface area contributed by atoms with E-state index in [0.29, 0.717) is 5.69 Å². The summed E-state index contributed by atoms with van der Waals surface area (Å²) in [7, 11) is 0. The van der Waals surface area contributed by atoms with Crippen molar-refractivity contribution < 1.29 is 14.7 Å². The lowest BCUT2D eigenvalue weighted by Gasteiger charge is -2.21. The van der Waals surface area contributed by atoms with Gasteiger partial charge in [0.05, 0.1) is 0 Å². The molecule has 1 atom stereocenters. The molecular formula is C14H21N3O3. The summed E-state index contributed by atoms with van der Waals surface area (Å²) in [6.07, 6.45) is 0. The fraction of sp³-hybridized carbons (Fsp3) is 0.429. The van der Waals surface area contributed by atoms with Crippen LogP contribution in [0.5, 0.6) is 0 Å². The lowest BCUT2D eigenvalue weighted by molar-refractivity contribution is -0.138. The topological polar surface area (TPSA) is 81.7 Å². The largest absolute Gasteiger partial charge is 0.480 e. The maximum atomic E-state index is 11.6. The molecule has 0 spiro atoms. The van der Waals surface area contributed by atoms with Gasteiger partial charge >= 0.3 is 12.0 Å². The van der Waals surface area contributed by atoms with Crippen LogP contribution in [0.1, 0.15) is 20.8 Å². The van der Waals surface area contributed by atoms with E-state index >= 15 is 0 Å². The van der Waals surface area contributed by atoms with Crippen LogP contribution in [0, 0.1) is 0 Å². The van der Waals surface area contributed by atoms with Crippen molar-refractivity contribution >= 4 is 23.4 Å². The molecule has 0 aliphatic carbocycles. The lowest BCUT2D eigenvalue weighted by atomic mass is 10.2. The average molecular weight is 279 g/mol. The highest BCUT2D eigenvalue weighted by Gasteiger charge is 2.13. The molecule has 6 nitrogen and oxygen atoms in total. The Hall–Kier alpha value is -2.24. The first kappa shape index (κ1) is 15.8. The molecule has 3 N–H and O–H groups in total. The third kappa shape index (κ3) is 4.46. The van der Waals surface area contributed by atoms with Crippen LogP contribution in [0.3, 0.4) is 0 Å². The van der Waals surface area contributed by atoms with Crippen molar-refractivity contribution in [3.05, 3.63) is 24.3 Å². The number of carboxylic acids is 1. The van der Waals surface area contributed by atoms with E-state index in [9.17, 15) is 9.59 Å². The third-order valence-corrected chi connectivity index (χ3v) is 2.97. The second-order valence-corrected chi connectivity index (χ2v) is 4.38. The van der Waals surface area contributed by atoms with Crippen LogP contribution in [-0.4, -0.2) is 36.2 Å². The summed E-state index contributed by atoms with van der Waals surface area (Å²) < 4.78 is 0. The molecule has 1 rings (SSSR count). The number of hydrogen-bond donors (Lipinski definition) is 3. The van der Waals surface area contributed by atoms with Crippen molar-refractivity contribution in [1.29, 1.82) is 0 Å². The third-order valence-electron chi connectivity index (χ3n) is 2.97. The van der Waals surface area contributed by atoms with Gasteiger partial charge in [-0.1, -0.05) is 0 Å². The van der Waals surface area contributed by atoms with Gasteiger partial charge in [0.15, 0.2) is 0 Å². The number of carbonyl (C=O) groups is 2. The Kier molecular flexibility index (Phi) is 5.83. The first-order valence-corrected chi connectivity index (χ1v) is 6.63. The maximum Gasteiger partial charge on any atom is 0.325 e. The van der Waals surface area contributed by atoms with Gasteiger partial charge in [-0.05, 0) is 45.0 Å². The zero-order valence-corrected chi connectivity index (χ0v) is 12.0. The van der Waals surface area contributed by atoms with Gasteiger partial charge in [0, 0.05) is 24.5 Å². The van der Waals surface area contributed by atoms with Crippen LogP contribution in [0.25, 0.3) is 0 Å². The molecule has 1 unspecified atom stereocenters. The lowest BCUT2D eigenvalue weighted by Crippen LogP contribution is -2.40. The van der Waals surface area contributed by atoms with E-state index in [0.717, 1.165) is 18.8 Å². The van der Waals surface area contributed by atoms with E-state index in [-0.39, 0.29) is 0 Å². The van der Waals surface area contributed by atoms with Gasteiger partial charge in [0.25, 0.3) is 0 Å². The van der Waals surface area contributed by atoms with E-state index in [2.05, 4.69) is 29.4 Å². The molecule has 0 aromatic heterocycles. The van der Waals surface area contributed by atoms with E-state index in [4.69, 9.17) is 5.11 Å². The minimum atomic E-state index is -1.07. The highest BCUT2D eigenvalue weighted by atomic mass is 16.4. The molecule has 0 saturated heterocycles. The number of aliphatic carboxylic acids is 1. The molecule has 0 aliphatic rings. The molecule has 0 radical (unpaired) electrons. The summed E-state index contributed by atoms with van der Waals surface area (Å²) in [4.78, 5) is 24.4. The molecule has 2 amide bonds. The Bertz CT molecular complexity index is 455. The zero-order valence-electron chi connectivity index (χ0n) is 12.0. The van der Waals surface area contributed by atoms with Crippen LogP contribution in [0.4, 0.5) is 16.2 Å². The minimum absolute atomic E-state index is 0.532. The molecule has 20 heavy (non-hydrogen) atoms. The number of urea groups is 1. The number of rotatable bonds is 6. The average Bonchev–Trinajstić information content (AvgIpc) is 2.41. The fourth-order valence-electron chi connectivity index (χ4n) is 1.77. The van der Waals surface area contributed by atoms with E-state index in [1.54, 1.807) is 12.1 Å². The van der Waals surface area contributed by atoms with Crippen molar-refractivity contribution in [3.63, 3.8) is 0 Å². The van der Waals surface area contributed by atoms with Gasteiger partial charge in [-0.25, -0.2) is 4.79 Å². The second kappa shape index (κ2) is 7.37. The Morgan fingerprint density at radius 3 is 2.20 bits per heavy atom. The molecule has 1 aromatic carbocycles. The van der Waals surface area contributed by atoms with Crippen molar-refractivity contribution in [2.45, 2.75) is 26.8 Å². The predicted octanol–water partition coefficient (Wildman–Crippen LogP) is 2.13. The number of carboxylic acid groups (broad SMARTS) is 1.